The number of unbranched alkanes of at least 4 members (excludes halogenated alkanes) is 1. The first-order valence-electron chi connectivity index (χ1n) is 7.67. The second kappa shape index (κ2) is 7.73. The minimum absolute atomic E-state index is 0.00246. The van der Waals surface area contributed by atoms with E-state index in [1.54, 1.807) is 0 Å². The Morgan fingerprint density at radius 3 is 2.74 bits per heavy atom. The van der Waals surface area contributed by atoms with E-state index in [4.69, 9.17) is 5.73 Å². The quantitative estimate of drug-likeness (QED) is 0.456. The summed E-state index contributed by atoms with van der Waals surface area (Å²) in [6.45, 7) is 13.2. The van der Waals surface area contributed by atoms with Crippen LogP contribution in [0.4, 0.5) is 0 Å². The third kappa shape index (κ3) is 8.09. The van der Waals surface area contributed by atoms with Gasteiger partial charge in [0.2, 0.25) is 0 Å². The molecule has 1 fully saturated rings. The van der Waals surface area contributed by atoms with E-state index in [1.165, 1.54) is 38.9 Å². The zero-order valence-electron chi connectivity index (χ0n) is 13.2. The fourth-order valence-corrected chi connectivity index (χ4v) is 2.56. The highest BCUT2D eigenvalue weighted by atomic mass is 15.1. The first-order chi connectivity index (χ1) is 8.87. The Kier molecular flexibility index (Phi) is 6.63. The van der Waals surface area contributed by atoms with Gasteiger partial charge in [-0.05, 0) is 65.5 Å². The summed E-state index contributed by atoms with van der Waals surface area (Å²) in [6, 6.07) is 0. The van der Waals surface area contributed by atoms with Crippen LogP contribution < -0.4 is 11.1 Å². The van der Waals surface area contributed by atoms with Crippen LogP contribution in [0.25, 0.3) is 0 Å². The van der Waals surface area contributed by atoms with Gasteiger partial charge in [0.15, 0.2) is 5.96 Å². The van der Waals surface area contributed by atoms with Crippen molar-refractivity contribution in [3.63, 3.8) is 0 Å². The molecule has 1 saturated heterocycles. The highest BCUT2D eigenvalue weighted by Crippen LogP contribution is 2.15. The normalized spacial score (nSPS) is 22.5. The zero-order chi connectivity index (χ0) is 14.3. The molecule has 0 saturated carbocycles. The van der Waals surface area contributed by atoms with Crippen LogP contribution in [-0.4, -0.2) is 42.6 Å². The van der Waals surface area contributed by atoms with Gasteiger partial charge in [0.05, 0.1) is 0 Å². The third-order valence-electron chi connectivity index (χ3n) is 3.41. The van der Waals surface area contributed by atoms with Crippen LogP contribution in [0.5, 0.6) is 0 Å². The highest BCUT2D eigenvalue weighted by molar-refractivity contribution is 5.78. The number of likely N-dealkylation sites (tertiary alicyclic amines) is 1. The topological polar surface area (TPSA) is 53.6 Å². The predicted octanol–water partition coefficient (Wildman–Crippen LogP) is 2.20. The maximum atomic E-state index is 5.83. The van der Waals surface area contributed by atoms with E-state index in [-0.39, 0.29) is 5.54 Å². The summed E-state index contributed by atoms with van der Waals surface area (Å²) in [5, 5.41) is 3.18. The van der Waals surface area contributed by atoms with E-state index in [2.05, 4.69) is 42.9 Å². The lowest BCUT2D eigenvalue weighted by molar-refractivity contribution is 0.181. The fraction of sp³-hybridized carbons (Fsp3) is 0.933. The lowest BCUT2D eigenvalue weighted by Gasteiger charge is -2.30. The number of rotatable bonds is 5. The van der Waals surface area contributed by atoms with Gasteiger partial charge in [0.1, 0.15) is 0 Å². The largest absolute Gasteiger partial charge is 0.370 e. The molecule has 0 aromatic heterocycles. The van der Waals surface area contributed by atoms with Gasteiger partial charge in [0, 0.05) is 18.6 Å². The van der Waals surface area contributed by atoms with Gasteiger partial charge in [-0.3, -0.25) is 4.99 Å². The molecule has 0 spiro atoms. The van der Waals surface area contributed by atoms with Crippen LogP contribution in [-0.2, 0) is 0 Å². The minimum atomic E-state index is -0.00246. The Morgan fingerprint density at radius 2 is 2.11 bits per heavy atom. The number of guanidine groups is 1. The second-order valence-corrected chi connectivity index (χ2v) is 6.90. The van der Waals surface area contributed by atoms with E-state index in [0.717, 1.165) is 18.9 Å². The molecule has 0 aliphatic carbocycles. The maximum Gasteiger partial charge on any atom is 0.188 e. The van der Waals surface area contributed by atoms with Crippen LogP contribution in [0.15, 0.2) is 4.99 Å². The summed E-state index contributed by atoms with van der Waals surface area (Å²) in [4.78, 5) is 6.96. The smallest absolute Gasteiger partial charge is 0.188 e. The molecule has 3 N–H and O–H groups in total. The van der Waals surface area contributed by atoms with Crippen LogP contribution in [0.2, 0.25) is 0 Å². The fourth-order valence-electron chi connectivity index (χ4n) is 2.56. The van der Waals surface area contributed by atoms with E-state index in [1.807, 2.05) is 0 Å². The number of hydrogen-bond acceptors (Lipinski definition) is 2. The molecule has 0 aromatic carbocycles. The summed E-state index contributed by atoms with van der Waals surface area (Å²) in [7, 11) is 0. The molecule has 19 heavy (non-hydrogen) atoms. The molecule has 1 unspecified atom stereocenters. The van der Waals surface area contributed by atoms with Gasteiger partial charge >= 0.3 is 0 Å². The van der Waals surface area contributed by atoms with E-state index in [9.17, 15) is 0 Å². The summed E-state index contributed by atoms with van der Waals surface area (Å²) < 4.78 is 0. The molecule has 0 radical (unpaired) electrons. The Labute approximate surface area is 118 Å². The summed E-state index contributed by atoms with van der Waals surface area (Å²) in [5.74, 6) is 1.44. The van der Waals surface area contributed by atoms with Crippen LogP contribution in [0.3, 0.4) is 0 Å². The molecular weight excluding hydrogens is 236 g/mol. The second-order valence-electron chi connectivity index (χ2n) is 6.90. The van der Waals surface area contributed by atoms with Crippen molar-refractivity contribution in [2.45, 2.75) is 58.9 Å². The van der Waals surface area contributed by atoms with Crippen molar-refractivity contribution >= 4 is 5.96 Å². The van der Waals surface area contributed by atoms with Crippen molar-refractivity contribution in [1.29, 1.82) is 0 Å². The molecule has 1 aliphatic rings. The summed E-state index contributed by atoms with van der Waals surface area (Å²) in [5.41, 5.74) is 5.83. The van der Waals surface area contributed by atoms with Crippen molar-refractivity contribution in [3.05, 3.63) is 0 Å². The molecule has 112 valence electrons. The molecule has 0 aromatic rings. The Morgan fingerprint density at radius 1 is 1.37 bits per heavy atom. The highest BCUT2D eigenvalue weighted by Gasteiger charge is 2.15. The number of nitrogens with two attached hydrogens (primary N) is 1. The molecule has 1 atom stereocenters. The van der Waals surface area contributed by atoms with Crippen LogP contribution >= 0.6 is 0 Å². The van der Waals surface area contributed by atoms with Crippen LogP contribution in [0, 0.1) is 5.92 Å². The Hall–Kier alpha value is -0.770. The van der Waals surface area contributed by atoms with E-state index < -0.39 is 0 Å². The lowest BCUT2D eigenvalue weighted by atomic mass is 10.0. The minimum Gasteiger partial charge on any atom is -0.370 e. The molecular formula is C15H32N4. The predicted molar refractivity (Wildman–Crippen MR) is 83.5 cm³/mol. The molecule has 1 heterocycles. The third-order valence-corrected chi connectivity index (χ3v) is 3.41. The van der Waals surface area contributed by atoms with Crippen molar-refractivity contribution in [2.75, 3.05) is 26.2 Å². The SMILES string of the molecule is CC1CCCN(CCCCN=C(N)NC(C)(C)C)C1. The first kappa shape index (κ1) is 16.3. The van der Waals surface area contributed by atoms with Crippen molar-refractivity contribution < 1.29 is 0 Å². The van der Waals surface area contributed by atoms with Gasteiger partial charge in [0.25, 0.3) is 0 Å². The van der Waals surface area contributed by atoms with Gasteiger partial charge < -0.3 is 16.0 Å². The molecule has 4 nitrogen and oxygen atoms in total. The standard InChI is InChI=1S/C15H32N4/c1-13-8-7-11-19(12-13)10-6-5-9-17-14(16)18-15(2,3)4/h13H,5-12H2,1-4H3,(H3,16,17,18). The number of aliphatic imine (C=N–C) groups is 1. The van der Waals surface area contributed by atoms with E-state index >= 15 is 0 Å². The van der Waals surface area contributed by atoms with Crippen molar-refractivity contribution in [3.8, 4) is 0 Å². The van der Waals surface area contributed by atoms with E-state index in [0.29, 0.717) is 5.96 Å². The van der Waals surface area contributed by atoms with Gasteiger partial charge in [-0.1, -0.05) is 6.92 Å². The van der Waals surface area contributed by atoms with Crippen molar-refractivity contribution in [2.24, 2.45) is 16.6 Å². The summed E-state index contributed by atoms with van der Waals surface area (Å²) >= 11 is 0. The first-order valence-corrected chi connectivity index (χ1v) is 7.67. The number of nitrogens with one attached hydrogen (secondary N) is 1. The van der Waals surface area contributed by atoms with Crippen LogP contribution in [0.1, 0.15) is 53.4 Å². The molecule has 4 heteroatoms. The molecule has 0 bridgehead atoms. The average molecular weight is 268 g/mol. The Bertz CT molecular complexity index is 280. The Balaban J connectivity index is 2.09. The average Bonchev–Trinajstić information content (AvgIpc) is 2.26. The number of nitrogens with zero attached hydrogens (tertiary/aromatic N) is 2. The van der Waals surface area contributed by atoms with Gasteiger partial charge in [-0.25, -0.2) is 0 Å². The molecule has 1 aliphatic heterocycles. The summed E-state index contributed by atoms with van der Waals surface area (Å²) in [6.07, 6.45) is 5.11. The van der Waals surface area contributed by atoms with Gasteiger partial charge in [-0.15, -0.1) is 0 Å². The monoisotopic (exact) mass is 268 g/mol. The van der Waals surface area contributed by atoms with Gasteiger partial charge in [-0.2, -0.15) is 0 Å². The molecule has 1 rings (SSSR count). The molecule has 0 amide bonds. The number of hydrogen-bond donors (Lipinski definition) is 2. The lowest BCUT2D eigenvalue weighted by Crippen LogP contribution is -2.45. The van der Waals surface area contributed by atoms with Crippen molar-refractivity contribution in [1.82, 2.24) is 10.2 Å². The number of piperidine rings is 1. The maximum absolute atomic E-state index is 5.83. The zero-order valence-corrected chi connectivity index (χ0v) is 13.2.